The second kappa shape index (κ2) is 5.84. The molecule has 0 fully saturated rings. The molecule has 0 saturated carbocycles. The van der Waals surface area contributed by atoms with E-state index in [0.29, 0.717) is 28.0 Å². The zero-order valence-electron chi connectivity index (χ0n) is 16.0. The van der Waals surface area contributed by atoms with Gasteiger partial charge in [-0.25, -0.2) is 9.78 Å². The van der Waals surface area contributed by atoms with E-state index < -0.39 is 11.6 Å². The molecule has 0 saturated heterocycles. The molecule has 7 heteroatoms. The van der Waals surface area contributed by atoms with Crippen LogP contribution in [0.15, 0.2) is 35.1 Å². The van der Waals surface area contributed by atoms with Crippen LogP contribution in [0.25, 0.3) is 22.3 Å². The molecule has 1 N–H and O–H groups in total. The van der Waals surface area contributed by atoms with Crippen molar-refractivity contribution < 1.29 is 19.4 Å². The molecule has 2 aliphatic rings. The number of ketones is 1. The first-order valence-electron chi connectivity index (χ1n) is 9.46. The second-order valence-corrected chi connectivity index (χ2v) is 7.49. The van der Waals surface area contributed by atoms with E-state index in [9.17, 15) is 19.5 Å². The number of cyclic esters (lactones) is 1. The number of Topliss-reactive ketones (excluding diaryl/α,β-unsaturated/α-hetero) is 1. The van der Waals surface area contributed by atoms with Crippen molar-refractivity contribution in [3.05, 3.63) is 62.9 Å². The fraction of sp³-hybridized carbons (Fsp3) is 0.273. The number of fused-ring (bicyclic) bond motifs is 5. The van der Waals surface area contributed by atoms with E-state index in [1.807, 2.05) is 24.3 Å². The lowest BCUT2D eigenvalue weighted by atomic mass is 9.86. The quantitative estimate of drug-likeness (QED) is 0.417. The van der Waals surface area contributed by atoms with Gasteiger partial charge in [0.2, 0.25) is 0 Å². The fourth-order valence-corrected chi connectivity index (χ4v) is 4.43. The first-order chi connectivity index (χ1) is 13.9. The lowest BCUT2D eigenvalue weighted by molar-refractivity contribution is -0.172. The van der Waals surface area contributed by atoms with Crippen molar-refractivity contribution in [2.75, 3.05) is 0 Å². The molecule has 2 aliphatic heterocycles. The van der Waals surface area contributed by atoms with Crippen LogP contribution in [0.3, 0.4) is 0 Å². The van der Waals surface area contributed by atoms with Crippen LogP contribution in [0.5, 0.6) is 0 Å². The first-order valence-corrected chi connectivity index (χ1v) is 9.46. The summed E-state index contributed by atoms with van der Waals surface area (Å²) in [5.74, 6) is -0.861. The summed E-state index contributed by atoms with van der Waals surface area (Å²) in [5.41, 5.74) is 1.23. The average Bonchev–Trinajstić information content (AvgIpc) is 3.07. The van der Waals surface area contributed by atoms with Crippen LogP contribution < -0.4 is 5.56 Å². The number of pyridine rings is 2. The zero-order valence-corrected chi connectivity index (χ0v) is 16.0. The molecule has 1 atom stereocenters. The number of hydrogen-bond donors (Lipinski definition) is 1. The van der Waals surface area contributed by atoms with Crippen LogP contribution in [0, 0.1) is 0 Å². The number of nitrogens with zero attached hydrogens (tertiary/aromatic N) is 2. The van der Waals surface area contributed by atoms with Crippen LogP contribution in [0.2, 0.25) is 0 Å². The van der Waals surface area contributed by atoms with Crippen molar-refractivity contribution in [2.24, 2.45) is 0 Å². The Balaban J connectivity index is 1.87. The molecule has 5 rings (SSSR count). The van der Waals surface area contributed by atoms with Gasteiger partial charge in [0.25, 0.3) is 5.56 Å². The number of carbonyl (C=O) groups excluding carboxylic acids is 2. The number of carbonyl (C=O) groups is 2. The van der Waals surface area contributed by atoms with E-state index in [1.54, 1.807) is 13.0 Å². The van der Waals surface area contributed by atoms with Gasteiger partial charge in [-0.3, -0.25) is 9.59 Å². The van der Waals surface area contributed by atoms with Crippen LogP contribution >= 0.6 is 0 Å². The Morgan fingerprint density at radius 2 is 2.03 bits per heavy atom. The average molecular weight is 390 g/mol. The van der Waals surface area contributed by atoms with Gasteiger partial charge in [-0.15, -0.1) is 0 Å². The topological polar surface area (TPSA) is 98.5 Å². The Morgan fingerprint density at radius 1 is 1.28 bits per heavy atom. The minimum absolute atomic E-state index is 0.0818. The van der Waals surface area contributed by atoms with E-state index >= 15 is 0 Å². The Labute approximate surface area is 165 Å². The van der Waals surface area contributed by atoms with Gasteiger partial charge in [-0.1, -0.05) is 25.1 Å². The van der Waals surface area contributed by atoms with Gasteiger partial charge in [0.05, 0.1) is 29.0 Å². The highest BCUT2D eigenvalue weighted by molar-refractivity contribution is 6.09. The lowest BCUT2D eigenvalue weighted by Crippen LogP contribution is -2.44. The first kappa shape index (κ1) is 17.8. The molecule has 2 aromatic heterocycles. The third-order valence-electron chi connectivity index (χ3n) is 5.95. The molecule has 0 aliphatic carbocycles. The van der Waals surface area contributed by atoms with E-state index in [4.69, 9.17) is 9.72 Å². The molecular formula is C22H18N2O5. The molecule has 1 unspecified atom stereocenters. The molecule has 1 aromatic carbocycles. The molecular weight excluding hydrogens is 372 g/mol. The predicted octanol–water partition coefficient (Wildman–Crippen LogP) is 2.28. The third-order valence-corrected chi connectivity index (χ3v) is 5.95. The van der Waals surface area contributed by atoms with Gasteiger partial charge in [-0.2, -0.15) is 0 Å². The summed E-state index contributed by atoms with van der Waals surface area (Å²) in [6, 6.07) is 9.00. The number of aliphatic hydroxyl groups is 1. The van der Waals surface area contributed by atoms with Gasteiger partial charge >= 0.3 is 5.97 Å². The standard InChI is InChI=1S/C22H18N2O5/c1-3-22(28)15-8-17-19-13(9-24(17)20(26)14(15)10-29-21(22)27)18(11(2)25)12-6-4-5-7-16(12)23-19/h4-8,28H,3,9-10H2,1-2H3. The summed E-state index contributed by atoms with van der Waals surface area (Å²) >= 11 is 0. The lowest BCUT2D eigenvalue weighted by Gasteiger charge is -2.31. The molecule has 0 spiro atoms. The second-order valence-electron chi connectivity index (χ2n) is 7.49. The molecule has 146 valence electrons. The highest BCUT2D eigenvalue weighted by Crippen LogP contribution is 2.40. The van der Waals surface area contributed by atoms with Crippen molar-refractivity contribution in [1.82, 2.24) is 9.55 Å². The van der Waals surface area contributed by atoms with Crippen LogP contribution in [0.1, 0.15) is 47.3 Å². The Morgan fingerprint density at radius 3 is 2.76 bits per heavy atom. The minimum Gasteiger partial charge on any atom is -0.458 e. The monoisotopic (exact) mass is 390 g/mol. The Hall–Kier alpha value is -3.32. The Kier molecular flexibility index (Phi) is 3.58. The number of esters is 1. The third kappa shape index (κ3) is 2.22. The molecule has 29 heavy (non-hydrogen) atoms. The number of benzene rings is 1. The molecule has 4 heterocycles. The maximum absolute atomic E-state index is 13.2. The van der Waals surface area contributed by atoms with Crippen molar-refractivity contribution in [2.45, 2.75) is 39.0 Å². The fourth-order valence-electron chi connectivity index (χ4n) is 4.43. The van der Waals surface area contributed by atoms with Crippen molar-refractivity contribution >= 4 is 22.7 Å². The summed E-state index contributed by atoms with van der Waals surface area (Å²) in [4.78, 5) is 42.6. The van der Waals surface area contributed by atoms with Crippen molar-refractivity contribution in [1.29, 1.82) is 0 Å². The van der Waals surface area contributed by atoms with Crippen molar-refractivity contribution in [3.8, 4) is 11.4 Å². The van der Waals surface area contributed by atoms with E-state index in [-0.39, 0.29) is 42.0 Å². The van der Waals surface area contributed by atoms with Gasteiger partial charge in [0, 0.05) is 22.1 Å². The van der Waals surface area contributed by atoms with Gasteiger partial charge in [0.1, 0.15) is 6.61 Å². The number of ether oxygens (including phenoxy) is 1. The number of rotatable bonds is 2. The number of hydrogen-bond acceptors (Lipinski definition) is 6. The van der Waals surface area contributed by atoms with Crippen LogP contribution in [-0.2, 0) is 28.3 Å². The molecule has 0 radical (unpaired) electrons. The highest BCUT2D eigenvalue weighted by Gasteiger charge is 2.45. The zero-order chi connectivity index (χ0) is 20.5. The molecule has 0 amide bonds. The SMILES string of the molecule is CCC1(O)C(=O)OCc2c1cc1n(c2=O)Cc2c-1nc1ccccc1c2C(C)=O. The summed E-state index contributed by atoms with van der Waals surface area (Å²) in [6.45, 7) is 3.19. The highest BCUT2D eigenvalue weighted by atomic mass is 16.6. The van der Waals surface area contributed by atoms with Crippen LogP contribution in [0.4, 0.5) is 0 Å². The van der Waals surface area contributed by atoms with Gasteiger partial charge < -0.3 is 14.4 Å². The Bertz CT molecular complexity index is 1310. The number of aromatic nitrogens is 2. The molecule has 3 aromatic rings. The smallest absolute Gasteiger partial charge is 0.343 e. The maximum Gasteiger partial charge on any atom is 0.343 e. The summed E-state index contributed by atoms with van der Waals surface area (Å²) in [6.07, 6.45) is 0.0818. The van der Waals surface area contributed by atoms with Crippen LogP contribution in [-0.4, -0.2) is 26.4 Å². The van der Waals surface area contributed by atoms with Gasteiger partial charge in [0.15, 0.2) is 11.4 Å². The minimum atomic E-state index is -1.87. The molecule has 7 nitrogen and oxygen atoms in total. The van der Waals surface area contributed by atoms with E-state index in [1.165, 1.54) is 11.5 Å². The van der Waals surface area contributed by atoms with E-state index in [0.717, 1.165) is 5.39 Å². The van der Waals surface area contributed by atoms with Gasteiger partial charge in [-0.05, 0) is 25.5 Å². The predicted molar refractivity (Wildman–Crippen MR) is 105 cm³/mol. The summed E-state index contributed by atoms with van der Waals surface area (Å²) in [5, 5.41) is 11.7. The van der Waals surface area contributed by atoms with Crippen molar-refractivity contribution in [3.63, 3.8) is 0 Å². The maximum atomic E-state index is 13.2. The summed E-state index contributed by atoms with van der Waals surface area (Å²) < 4.78 is 6.62. The molecule has 0 bridgehead atoms. The number of para-hydroxylation sites is 1. The van der Waals surface area contributed by atoms with E-state index in [2.05, 4.69) is 0 Å². The normalized spacial score (nSPS) is 19.5. The largest absolute Gasteiger partial charge is 0.458 e. The summed E-state index contributed by atoms with van der Waals surface area (Å²) in [7, 11) is 0.